The Morgan fingerprint density at radius 2 is 2.00 bits per heavy atom. The molecule has 0 amide bonds. The summed E-state index contributed by atoms with van der Waals surface area (Å²) in [6.45, 7) is 2.74. The highest BCUT2D eigenvalue weighted by atomic mass is 32.2. The zero-order valence-electron chi connectivity index (χ0n) is 14.3. The molecule has 1 aromatic heterocycles. The van der Waals surface area contributed by atoms with E-state index < -0.39 is 21.9 Å². The number of piperidine rings is 1. The Hall–Kier alpha value is -2.26. The number of sulfonamides is 1. The monoisotopic (exact) mass is 381 g/mol. The van der Waals surface area contributed by atoms with E-state index in [1.165, 1.54) is 10.4 Å². The first kappa shape index (κ1) is 18.5. The van der Waals surface area contributed by atoms with Crippen molar-refractivity contribution in [1.29, 1.82) is 0 Å². The number of para-hydroxylation sites is 1. The molecule has 0 spiro atoms. The van der Waals surface area contributed by atoms with Gasteiger partial charge in [-0.2, -0.15) is 4.31 Å². The maximum atomic E-state index is 13.0. The predicted molar refractivity (Wildman–Crippen MR) is 92.0 cm³/mol. The molecular formula is C17H20FN3O4S. The summed E-state index contributed by atoms with van der Waals surface area (Å²) in [7, 11) is -3.72. The number of nitrogens with zero attached hydrogens (tertiary/aromatic N) is 3. The molecule has 2 aromatic rings. The fourth-order valence-electron chi connectivity index (χ4n) is 2.81. The van der Waals surface area contributed by atoms with Crippen LogP contribution >= 0.6 is 0 Å². The first-order chi connectivity index (χ1) is 12.5. The minimum Gasteiger partial charge on any atom is -0.492 e. The normalized spacial score (nSPS) is 18.5. The van der Waals surface area contributed by atoms with Gasteiger partial charge in [0.15, 0.2) is 5.82 Å². The Balaban J connectivity index is 1.77. The number of ether oxygens (including phenoxy) is 2. The van der Waals surface area contributed by atoms with Crippen LogP contribution in [0.15, 0.2) is 41.6 Å². The van der Waals surface area contributed by atoms with Crippen LogP contribution in [0.25, 0.3) is 0 Å². The van der Waals surface area contributed by atoms with Gasteiger partial charge in [-0.1, -0.05) is 12.1 Å². The standard InChI is InChI=1S/C17H20FN3O4S/c1-2-24-15-7-3-4-8-16(15)26(22,23)21-9-5-6-14(12-21)25-17-19-10-13(18)11-20-17/h3-4,7-8,10-11,14H,2,5-6,9,12H2,1H3. The first-order valence-electron chi connectivity index (χ1n) is 8.37. The number of hydrogen-bond acceptors (Lipinski definition) is 6. The first-order valence-corrected chi connectivity index (χ1v) is 9.81. The quantitative estimate of drug-likeness (QED) is 0.763. The van der Waals surface area contributed by atoms with Crippen molar-refractivity contribution in [1.82, 2.24) is 14.3 Å². The molecule has 1 saturated heterocycles. The van der Waals surface area contributed by atoms with Crippen molar-refractivity contribution in [2.45, 2.75) is 30.8 Å². The van der Waals surface area contributed by atoms with E-state index in [2.05, 4.69) is 9.97 Å². The largest absolute Gasteiger partial charge is 0.492 e. The highest BCUT2D eigenvalue weighted by Gasteiger charge is 2.33. The van der Waals surface area contributed by atoms with Crippen molar-refractivity contribution in [3.8, 4) is 11.8 Å². The number of halogens is 1. The summed E-state index contributed by atoms with van der Waals surface area (Å²) in [5.74, 6) is -0.224. The fourth-order valence-corrected chi connectivity index (χ4v) is 4.45. The van der Waals surface area contributed by atoms with Gasteiger partial charge in [0.2, 0.25) is 10.0 Å². The zero-order valence-corrected chi connectivity index (χ0v) is 15.2. The third-order valence-electron chi connectivity index (χ3n) is 3.98. The Morgan fingerprint density at radius 1 is 1.27 bits per heavy atom. The molecule has 7 nitrogen and oxygen atoms in total. The van der Waals surface area contributed by atoms with Crippen LogP contribution in [0, 0.1) is 5.82 Å². The molecule has 1 aromatic carbocycles. The molecule has 0 aliphatic carbocycles. The van der Waals surface area contributed by atoms with Crippen LogP contribution in [0.5, 0.6) is 11.8 Å². The van der Waals surface area contributed by atoms with E-state index in [0.29, 0.717) is 31.7 Å². The average Bonchev–Trinajstić information content (AvgIpc) is 2.64. The number of benzene rings is 1. The average molecular weight is 381 g/mol. The molecule has 1 unspecified atom stereocenters. The van der Waals surface area contributed by atoms with Gasteiger partial charge in [0.05, 0.1) is 25.5 Å². The lowest BCUT2D eigenvalue weighted by Gasteiger charge is -2.31. The summed E-state index contributed by atoms with van der Waals surface area (Å²) >= 11 is 0. The van der Waals surface area contributed by atoms with Crippen molar-refractivity contribution < 1.29 is 22.3 Å². The zero-order chi connectivity index (χ0) is 18.6. The van der Waals surface area contributed by atoms with Crippen LogP contribution in [0.1, 0.15) is 19.8 Å². The van der Waals surface area contributed by atoms with E-state index in [0.717, 1.165) is 12.4 Å². The molecule has 1 aliphatic rings. The second kappa shape index (κ2) is 7.96. The van der Waals surface area contributed by atoms with Crippen molar-refractivity contribution >= 4 is 10.0 Å². The maximum Gasteiger partial charge on any atom is 0.316 e. The van der Waals surface area contributed by atoms with E-state index in [1.807, 2.05) is 0 Å². The maximum absolute atomic E-state index is 13.0. The van der Waals surface area contributed by atoms with Crippen LogP contribution in [-0.4, -0.2) is 48.5 Å². The number of rotatable bonds is 6. The molecule has 140 valence electrons. The molecule has 26 heavy (non-hydrogen) atoms. The van der Waals surface area contributed by atoms with Gasteiger partial charge in [-0.15, -0.1) is 0 Å². The minimum atomic E-state index is -3.72. The lowest BCUT2D eigenvalue weighted by atomic mass is 10.1. The molecule has 1 atom stereocenters. The Kier molecular flexibility index (Phi) is 5.67. The minimum absolute atomic E-state index is 0.0327. The van der Waals surface area contributed by atoms with Gasteiger partial charge in [0, 0.05) is 6.54 Å². The van der Waals surface area contributed by atoms with Gasteiger partial charge >= 0.3 is 6.01 Å². The van der Waals surface area contributed by atoms with Crippen molar-refractivity contribution in [3.63, 3.8) is 0 Å². The Bertz CT molecular complexity index is 845. The molecule has 2 heterocycles. The molecule has 9 heteroatoms. The fraction of sp³-hybridized carbons (Fsp3) is 0.412. The van der Waals surface area contributed by atoms with Gasteiger partial charge in [-0.05, 0) is 31.9 Å². The van der Waals surface area contributed by atoms with Gasteiger partial charge in [-0.25, -0.2) is 22.8 Å². The van der Waals surface area contributed by atoms with E-state index >= 15 is 0 Å². The summed E-state index contributed by atoms with van der Waals surface area (Å²) < 4.78 is 51.4. The molecule has 3 rings (SSSR count). The van der Waals surface area contributed by atoms with E-state index in [9.17, 15) is 12.8 Å². The Morgan fingerprint density at radius 3 is 2.73 bits per heavy atom. The second-order valence-corrected chi connectivity index (χ2v) is 7.72. The number of hydrogen-bond donors (Lipinski definition) is 0. The second-order valence-electron chi connectivity index (χ2n) is 5.81. The molecular weight excluding hydrogens is 361 g/mol. The van der Waals surface area contributed by atoms with Crippen LogP contribution in [0.4, 0.5) is 4.39 Å². The summed E-state index contributed by atoms with van der Waals surface area (Å²) in [5.41, 5.74) is 0. The predicted octanol–water partition coefficient (Wildman–Crippen LogP) is 2.25. The van der Waals surface area contributed by atoms with E-state index in [4.69, 9.17) is 9.47 Å². The van der Waals surface area contributed by atoms with Crippen LogP contribution in [0.3, 0.4) is 0 Å². The molecule has 0 bridgehead atoms. The molecule has 1 fully saturated rings. The van der Waals surface area contributed by atoms with Gasteiger partial charge < -0.3 is 9.47 Å². The van der Waals surface area contributed by atoms with Crippen LogP contribution in [-0.2, 0) is 10.0 Å². The molecule has 0 N–H and O–H groups in total. The molecule has 0 saturated carbocycles. The summed E-state index contributed by atoms with van der Waals surface area (Å²) in [6.07, 6.45) is 2.93. The highest BCUT2D eigenvalue weighted by Crippen LogP contribution is 2.29. The SMILES string of the molecule is CCOc1ccccc1S(=O)(=O)N1CCCC(Oc2ncc(F)cn2)C1. The topological polar surface area (TPSA) is 81.6 Å². The summed E-state index contributed by atoms with van der Waals surface area (Å²) in [5, 5.41) is 0. The smallest absolute Gasteiger partial charge is 0.316 e. The third-order valence-corrected chi connectivity index (χ3v) is 5.88. The van der Waals surface area contributed by atoms with E-state index in [-0.39, 0.29) is 17.5 Å². The summed E-state index contributed by atoms with van der Waals surface area (Å²) in [4.78, 5) is 7.66. The van der Waals surface area contributed by atoms with Crippen LogP contribution in [0.2, 0.25) is 0 Å². The lowest BCUT2D eigenvalue weighted by Crippen LogP contribution is -2.44. The Labute approximate surface area is 151 Å². The van der Waals surface area contributed by atoms with Crippen molar-refractivity contribution in [3.05, 3.63) is 42.5 Å². The van der Waals surface area contributed by atoms with Crippen molar-refractivity contribution in [2.75, 3.05) is 19.7 Å². The van der Waals surface area contributed by atoms with Crippen molar-refractivity contribution in [2.24, 2.45) is 0 Å². The molecule has 0 radical (unpaired) electrons. The molecule has 1 aliphatic heterocycles. The highest BCUT2D eigenvalue weighted by molar-refractivity contribution is 7.89. The van der Waals surface area contributed by atoms with Crippen LogP contribution < -0.4 is 9.47 Å². The number of aromatic nitrogens is 2. The van der Waals surface area contributed by atoms with Gasteiger partial charge in [0.1, 0.15) is 16.7 Å². The van der Waals surface area contributed by atoms with Gasteiger partial charge in [0.25, 0.3) is 0 Å². The van der Waals surface area contributed by atoms with Gasteiger partial charge in [-0.3, -0.25) is 0 Å². The summed E-state index contributed by atoms with van der Waals surface area (Å²) in [6, 6.07) is 6.61. The lowest BCUT2D eigenvalue weighted by molar-refractivity contribution is 0.118. The van der Waals surface area contributed by atoms with E-state index in [1.54, 1.807) is 25.1 Å². The third kappa shape index (κ3) is 4.10.